The van der Waals surface area contributed by atoms with Crippen LogP contribution in [0.3, 0.4) is 0 Å². The van der Waals surface area contributed by atoms with E-state index in [-0.39, 0.29) is 28.7 Å². The van der Waals surface area contributed by atoms with E-state index in [4.69, 9.17) is 0 Å². The van der Waals surface area contributed by atoms with Gasteiger partial charge in [-0.2, -0.15) is 4.72 Å². The van der Waals surface area contributed by atoms with E-state index < -0.39 is 16.1 Å². The molecule has 1 atom stereocenters. The highest BCUT2D eigenvalue weighted by molar-refractivity contribution is 7.89. The van der Waals surface area contributed by atoms with Crippen LogP contribution in [0.4, 0.5) is 5.69 Å². The molecule has 7 nitrogen and oxygen atoms in total. The average molecular weight is 436 g/mol. The molecular formula is C22H33N3O4S. The van der Waals surface area contributed by atoms with E-state index in [1.807, 2.05) is 13.8 Å². The predicted octanol–water partition coefficient (Wildman–Crippen LogP) is 3.10. The van der Waals surface area contributed by atoms with Gasteiger partial charge in [-0.3, -0.25) is 9.59 Å². The Morgan fingerprint density at radius 2 is 1.77 bits per heavy atom. The molecule has 0 saturated heterocycles. The van der Waals surface area contributed by atoms with Gasteiger partial charge in [0.05, 0.1) is 4.90 Å². The molecule has 1 aliphatic carbocycles. The lowest BCUT2D eigenvalue weighted by molar-refractivity contribution is -0.124. The molecule has 3 rings (SSSR count). The van der Waals surface area contributed by atoms with Crippen molar-refractivity contribution in [2.24, 2.45) is 5.92 Å². The van der Waals surface area contributed by atoms with Gasteiger partial charge in [0.2, 0.25) is 21.8 Å². The molecule has 0 radical (unpaired) electrons. The Morgan fingerprint density at radius 3 is 2.43 bits per heavy atom. The summed E-state index contributed by atoms with van der Waals surface area (Å²) >= 11 is 0. The maximum Gasteiger partial charge on any atom is 0.241 e. The third-order valence-electron chi connectivity index (χ3n) is 5.94. The first-order valence-corrected chi connectivity index (χ1v) is 12.5. The van der Waals surface area contributed by atoms with Crippen molar-refractivity contribution in [2.75, 3.05) is 5.32 Å². The summed E-state index contributed by atoms with van der Waals surface area (Å²) in [5.41, 5.74) is 1.45. The minimum absolute atomic E-state index is 0.0578. The van der Waals surface area contributed by atoms with Gasteiger partial charge in [-0.1, -0.05) is 39.5 Å². The lowest BCUT2D eigenvalue weighted by atomic mass is 10.0. The molecule has 0 spiro atoms. The molecular weight excluding hydrogens is 402 g/mol. The molecule has 2 amide bonds. The lowest BCUT2D eigenvalue weighted by Crippen LogP contribution is -2.51. The molecule has 30 heavy (non-hydrogen) atoms. The first-order chi connectivity index (χ1) is 14.3. The normalized spacial score (nSPS) is 19.4. The number of carbonyl (C=O) groups is 2. The zero-order valence-corrected chi connectivity index (χ0v) is 18.7. The Bertz CT molecular complexity index is 874. The molecule has 1 aromatic carbocycles. The van der Waals surface area contributed by atoms with Crippen LogP contribution in [0.15, 0.2) is 23.1 Å². The fourth-order valence-electron chi connectivity index (χ4n) is 4.16. The molecule has 8 heteroatoms. The van der Waals surface area contributed by atoms with E-state index in [1.54, 1.807) is 12.1 Å². The molecule has 1 fully saturated rings. The van der Waals surface area contributed by atoms with Crippen molar-refractivity contribution >= 4 is 27.5 Å². The Kier molecular flexibility index (Phi) is 7.52. The average Bonchev–Trinajstić information content (AvgIpc) is 3.05. The number of rotatable bonds is 6. The standard InChI is InChI=1S/C22H33N3O4S/c1-15(2)21(22(27)23-17-9-5-3-4-6-10-17)25-30(28,29)18-12-13-19-16(14-18)8-7-11-20(26)24-19/h12-15,17,21,25H,3-11H2,1-2H3,(H,23,27)(H,24,26)/t21-/m0/s1. The zero-order chi connectivity index (χ0) is 21.7. The van der Waals surface area contributed by atoms with Crippen LogP contribution in [0.2, 0.25) is 0 Å². The number of nitrogens with one attached hydrogen (secondary N) is 3. The number of aryl methyl sites for hydroxylation is 1. The van der Waals surface area contributed by atoms with Crippen molar-refractivity contribution in [3.63, 3.8) is 0 Å². The fraction of sp³-hybridized carbons (Fsp3) is 0.636. The minimum Gasteiger partial charge on any atom is -0.352 e. The Balaban J connectivity index is 1.74. The molecule has 0 aromatic heterocycles. The quantitative estimate of drug-likeness (QED) is 0.597. The number of benzene rings is 1. The van der Waals surface area contributed by atoms with Gasteiger partial charge in [-0.05, 0) is 55.4 Å². The monoisotopic (exact) mass is 435 g/mol. The van der Waals surface area contributed by atoms with E-state index in [2.05, 4.69) is 15.4 Å². The minimum atomic E-state index is -3.88. The maximum absolute atomic E-state index is 13.1. The number of hydrogen-bond donors (Lipinski definition) is 3. The highest BCUT2D eigenvalue weighted by Gasteiger charge is 2.30. The molecule has 2 aliphatic rings. The largest absolute Gasteiger partial charge is 0.352 e. The van der Waals surface area contributed by atoms with Crippen molar-refractivity contribution in [3.8, 4) is 0 Å². The third-order valence-corrected chi connectivity index (χ3v) is 7.38. The van der Waals surface area contributed by atoms with Gasteiger partial charge in [-0.15, -0.1) is 0 Å². The summed E-state index contributed by atoms with van der Waals surface area (Å²) in [5.74, 6) is -0.509. The summed E-state index contributed by atoms with van der Waals surface area (Å²) in [7, 11) is -3.88. The van der Waals surface area contributed by atoms with Crippen molar-refractivity contribution < 1.29 is 18.0 Å². The number of sulfonamides is 1. The SMILES string of the molecule is CC(C)[C@H](NS(=O)(=O)c1ccc2c(c1)CCCC(=O)N2)C(=O)NC1CCCCCC1. The van der Waals surface area contributed by atoms with Gasteiger partial charge in [0.1, 0.15) is 6.04 Å². The number of carbonyl (C=O) groups excluding carboxylic acids is 2. The van der Waals surface area contributed by atoms with Crippen molar-refractivity contribution in [3.05, 3.63) is 23.8 Å². The second kappa shape index (κ2) is 9.92. The van der Waals surface area contributed by atoms with E-state index in [9.17, 15) is 18.0 Å². The van der Waals surface area contributed by atoms with Crippen LogP contribution in [0.1, 0.15) is 70.8 Å². The molecule has 1 saturated carbocycles. The summed E-state index contributed by atoms with van der Waals surface area (Å²) in [6.07, 6.45) is 8.17. The van der Waals surface area contributed by atoms with Crippen LogP contribution in [0.25, 0.3) is 0 Å². The Labute approximate surface area is 179 Å². The van der Waals surface area contributed by atoms with Crippen molar-refractivity contribution in [1.29, 1.82) is 0 Å². The predicted molar refractivity (Wildman–Crippen MR) is 117 cm³/mol. The Morgan fingerprint density at radius 1 is 1.07 bits per heavy atom. The van der Waals surface area contributed by atoms with Crippen LogP contribution in [0.5, 0.6) is 0 Å². The fourth-order valence-corrected chi connectivity index (χ4v) is 5.55. The van der Waals surface area contributed by atoms with E-state index in [1.165, 1.54) is 18.9 Å². The van der Waals surface area contributed by atoms with Crippen molar-refractivity contribution in [1.82, 2.24) is 10.0 Å². The molecule has 166 valence electrons. The molecule has 1 heterocycles. The topological polar surface area (TPSA) is 104 Å². The van der Waals surface area contributed by atoms with Crippen molar-refractivity contribution in [2.45, 2.75) is 88.6 Å². The van der Waals surface area contributed by atoms with Crippen LogP contribution in [-0.4, -0.2) is 32.3 Å². The summed E-state index contributed by atoms with van der Waals surface area (Å²) in [6, 6.07) is 3.99. The molecule has 1 aliphatic heterocycles. The maximum atomic E-state index is 13.1. The van der Waals surface area contributed by atoms with Gasteiger partial charge in [0.15, 0.2) is 0 Å². The first-order valence-electron chi connectivity index (χ1n) is 11.0. The van der Waals surface area contributed by atoms with Crippen LogP contribution in [-0.2, 0) is 26.0 Å². The summed E-state index contributed by atoms with van der Waals surface area (Å²) < 4.78 is 28.7. The summed E-state index contributed by atoms with van der Waals surface area (Å²) in [5, 5.41) is 5.87. The van der Waals surface area contributed by atoms with Gasteiger partial charge < -0.3 is 10.6 Å². The van der Waals surface area contributed by atoms with Crippen LogP contribution >= 0.6 is 0 Å². The smallest absolute Gasteiger partial charge is 0.241 e. The highest BCUT2D eigenvalue weighted by atomic mass is 32.2. The second-order valence-electron chi connectivity index (χ2n) is 8.76. The highest BCUT2D eigenvalue weighted by Crippen LogP contribution is 2.25. The number of anilines is 1. The first kappa shape index (κ1) is 22.7. The van der Waals surface area contributed by atoms with Gasteiger partial charge in [0.25, 0.3) is 0 Å². The zero-order valence-electron chi connectivity index (χ0n) is 17.9. The molecule has 0 unspecified atom stereocenters. The molecule has 3 N–H and O–H groups in total. The second-order valence-corrected chi connectivity index (χ2v) is 10.5. The van der Waals surface area contributed by atoms with Gasteiger partial charge >= 0.3 is 0 Å². The third kappa shape index (κ3) is 5.82. The lowest BCUT2D eigenvalue weighted by Gasteiger charge is -2.25. The van der Waals surface area contributed by atoms with E-state index >= 15 is 0 Å². The Hall–Kier alpha value is -1.93. The summed E-state index contributed by atoms with van der Waals surface area (Å²) in [4.78, 5) is 24.7. The molecule has 0 bridgehead atoms. The van der Waals surface area contributed by atoms with Crippen LogP contribution < -0.4 is 15.4 Å². The summed E-state index contributed by atoms with van der Waals surface area (Å²) in [6.45, 7) is 3.68. The number of hydrogen-bond acceptors (Lipinski definition) is 4. The molecule has 1 aromatic rings. The van der Waals surface area contributed by atoms with Crippen LogP contribution in [0, 0.1) is 5.92 Å². The number of fused-ring (bicyclic) bond motifs is 1. The van der Waals surface area contributed by atoms with E-state index in [0.717, 1.165) is 31.2 Å². The van der Waals surface area contributed by atoms with E-state index in [0.29, 0.717) is 24.9 Å². The van der Waals surface area contributed by atoms with Gasteiger partial charge in [0, 0.05) is 18.2 Å². The van der Waals surface area contributed by atoms with Gasteiger partial charge in [-0.25, -0.2) is 8.42 Å². The number of amides is 2.